The number of aryl methyl sites for hydroxylation is 1. The Balaban J connectivity index is 2.01. The summed E-state index contributed by atoms with van der Waals surface area (Å²) >= 11 is 0. The number of benzene rings is 1. The number of amides is 2. The summed E-state index contributed by atoms with van der Waals surface area (Å²) in [4.78, 5) is 27.9. The van der Waals surface area contributed by atoms with Crippen molar-refractivity contribution in [1.82, 2.24) is 10.3 Å². The molecule has 2 N–H and O–H groups in total. The first kappa shape index (κ1) is 18.2. The van der Waals surface area contributed by atoms with E-state index < -0.39 is 17.6 Å². The van der Waals surface area contributed by atoms with E-state index in [1.54, 1.807) is 18.3 Å². The maximum Gasteiger partial charge on any atom is 0.313 e. The predicted molar refractivity (Wildman–Crippen MR) is 89.0 cm³/mol. The van der Waals surface area contributed by atoms with Crippen LogP contribution in [0.2, 0.25) is 0 Å². The topological polar surface area (TPSA) is 89.5 Å². The number of nitrogens with zero attached hydrogens (tertiary/aromatic N) is 1. The number of aromatic nitrogens is 1. The number of carbonyl (C=O) groups excluding carboxylic acids is 2. The van der Waals surface area contributed by atoms with Gasteiger partial charge in [-0.15, -0.1) is 0 Å². The number of hydrogen-bond acceptors (Lipinski definition) is 5. The fraction of sp³-hybridized carbons (Fsp3) is 0.235. The summed E-state index contributed by atoms with van der Waals surface area (Å²) in [5.41, 5.74) is 1.40. The van der Waals surface area contributed by atoms with Crippen LogP contribution in [0.25, 0.3) is 0 Å². The van der Waals surface area contributed by atoms with Gasteiger partial charge in [-0.05, 0) is 18.6 Å². The van der Waals surface area contributed by atoms with Crippen LogP contribution in [0.5, 0.6) is 11.5 Å². The van der Waals surface area contributed by atoms with E-state index in [9.17, 15) is 14.0 Å². The van der Waals surface area contributed by atoms with E-state index in [1.807, 2.05) is 6.92 Å². The van der Waals surface area contributed by atoms with E-state index in [4.69, 9.17) is 9.47 Å². The van der Waals surface area contributed by atoms with Crippen LogP contribution in [-0.2, 0) is 16.1 Å². The molecule has 1 heterocycles. The van der Waals surface area contributed by atoms with Crippen molar-refractivity contribution in [2.75, 3.05) is 19.5 Å². The van der Waals surface area contributed by atoms with E-state index in [0.29, 0.717) is 0 Å². The number of pyridine rings is 1. The molecule has 0 radical (unpaired) electrons. The summed E-state index contributed by atoms with van der Waals surface area (Å²) in [5, 5.41) is 4.64. The first-order valence-electron chi connectivity index (χ1n) is 7.36. The Kier molecular flexibility index (Phi) is 5.89. The number of ether oxygens (including phenoxy) is 2. The zero-order valence-electron chi connectivity index (χ0n) is 14.1. The molecule has 0 unspecified atom stereocenters. The van der Waals surface area contributed by atoms with E-state index in [1.165, 1.54) is 20.3 Å². The summed E-state index contributed by atoms with van der Waals surface area (Å²) in [6.45, 7) is 1.97. The zero-order chi connectivity index (χ0) is 18.4. The van der Waals surface area contributed by atoms with Crippen molar-refractivity contribution >= 4 is 17.5 Å². The van der Waals surface area contributed by atoms with Crippen LogP contribution >= 0.6 is 0 Å². The van der Waals surface area contributed by atoms with Crippen LogP contribution in [0.15, 0.2) is 30.5 Å². The quantitative estimate of drug-likeness (QED) is 0.805. The lowest BCUT2D eigenvalue weighted by molar-refractivity contribution is -0.136. The number of hydrogen-bond donors (Lipinski definition) is 2. The Labute approximate surface area is 144 Å². The predicted octanol–water partition coefficient (Wildman–Crippen LogP) is 1.80. The largest absolute Gasteiger partial charge is 0.493 e. The second kappa shape index (κ2) is 8.09. The second-order valence-electron chi connectivity index (χ2n) is 5.13. The third kappa shape index (κ3) is 4.66. The molecule has 0 saturated heterocycles. The minimum absolute atomic E-state index is 0.133. The minimum atomic E-state index is -0.994. The van der Waals surface area contributed by atoms with E-state index in [-0.39, 0.29) is 23.7 Å². The van der Waals surface area contributed by atoms with E-state index in [2.05, 4.69) is 15.6 Å². The number of halogens is 1. The van der Waals surface area contributed by atoms with Gasteiger partial charge in [0, 0.05) is 30.6 Å². The molecule has 2 amide bonds. The fourth-order valence-electron chi connectivity index (χ4n) is 1.99. The molecule has 8 heteroatoms. The normalized spacial score (nSPS) is 10.1. The van der Waals surface area contributed by atoms with Gasteiger partial charge >= 0.3 is 11.8 Å². The minimum Gasteiger partial charge on any atom is -0.493 e. The van der Waals surface area contributed by atoms with Crippen LogP contribution in [0.1, 0.15) is 11.3 Å². The molecular weight excluding hydrogens is 329 g/mol. The first-order chi connectivity index (χ1) is 11.9. The average Bonchev–Trinajstić information content (AvgIpc) is 2.62. The second-order valence-corrected chi connectivity index (χ2v) is 5.13. The third-order valence-electron chi connectivity index (χ3n) is 3.35. The van der Waals surface area contributed by atoms with Crippen LogP contribution in [0, 0.1) is 12.7 Å². The van der Waals surface area contributed by atoms with Crippen molar-refractivity contribution in [2.24, 2.45) is 0 Å². The third-order valence-corrected chi connectivity index (χ3v) is 3.35. The molecule has 0 atom stereocenters. The first-order valence-corrected chi connectivity index (χ1v) is 7.36. The standard InChI is InChI=1S/C17H18FN3O4/c1-10-4-5-11(8-19-10)9-20-16(22)17(23)21-13-7-15(25-3)14(24-2)6-12(13)18/h4-8H,9H2,1-3H3,(H,20,22)(H,21,23). The van der Waals surface area contributed by atoms with Crippen molar-refractivity contribution in [3.8, 4) is 11.5 Å². The van der Waals surface area contributed by atoms with E-state index in [0.717, 1.165) is 17.3 Å². The van der Waals surface area contributed by atoms with Gasteiger partial charge in [0.2, 0.25) is 0 Å². The van der Waals surface area contributed by atoms with Gasteiger partial charge in [-0.1, -0.05) is 6.07 Å². The van der Waals surface area contributed by atoms with Gasteiger partial charge in [-0.25, -0.2) is 4.39 Å². The fourth-order valence-corrected chi connectivity index (χ4v) is 1.99. The Hall–Kier alpha value is -3.16. The highest BCUT2D eigenvalue weighted by Gasteiger charge is 2.18. The van der Waals surface area contributed by atoms with Crippen molar-refractivity contribution in [2.45, 2.75) is 13.5 Å². The molecule has 25 heavy (non-hydrogen) atoms. The average molecular weight is 347 g/mol. The Morgan fingerprint density at radius 3 is 2.40 bits per heavy atom. The SMILES string of the molecule is COc1cc(F)c(NC(=O)C(=O)NCc2ccc(C)nc2)cc1OC. The smallest absolute Gasteiger partial charge is 0.313 e. The van der Waals surface area contributed by atoms with Gasteiger partial charge in [-0.3, -0.25) is 14.6 Å². The van der Waals surface area contributed by atoms with Crippen LogP contribution in [-0.4, -0.2) is 31.0 Å². The Bertz CT molecular complexity index is 778. The lowest BCUT2D eigenvalue weighted by Crippen LogP contribution is -2.35. The molecule has 0 fully saturated rings. The molecular formula is C17H18FN3O4. The van der Waals surface area contributed by atoms with Crippen molar-refractivity contribution in [3.63, 3.8) is 0 Å². The maximum atomic E-state index is 14.0. The van der Waals surface area contributed by atoms with Gasteiger partial charge in [0.15, 0.2) is 17.3 Å². The van der Waals surface area contributed by atoms with Crippen molar-refractivity contribution < 1.29 is 23.5 Å². The van der Waals surface area contributed by atoms with Crippen molar-refractivity contribution in [3.05, 3.63) is 47.5 Å². The number of anilines is 1. The van der Waals surface area contributed by atoms with Crippen LogP contribution in [0.4, 0.5) is 10.1 Å². The van der Waals surface area contributed by atoms with Crippen molar-refractivity contribution in [1.29, 1.82) is 0 Å². The summed E-state index contributed by atoms with van der Waals surface area (Å²) in [7, 11) is 2.74. The monoisotopic (exact) mass is 347 g/mol. The van der Waals surface area contributed by atoms with Gasteiger partial charge in [0.25, 0.3) is 0 Å². The molecule has 7 nitrogen and oxygen atoms in total. The summed E-state index contributed by atoms with van der Waals surface area (Å²) in [5.74, 6) is -2.23. The van der Waals surface area contributed by atoms with Gasteiger partial charge in [-0.2, -0.15) is 0 Å². The van der Waals surface area contributed by atoms with Gasteiger partial charge < -0.3 is 20.1 Å². The molecule has 0 aliphatic heterocycles. The molecule has 132 valence electrons. The van der Waals surface area contributed by atoms with Gasteiger partial charge in [0.1, 0.15) is 0 Å². The summed E-state index contributed by atoms with van der Waals surface area (Å²) < 4.78 is 24.0. The molecule has 0 spiro atoms. The number of carbonyl (C=O) groups is 2. The molecule has 1 aromatic carbocycles. The molecule has 0 saturated carbocycles. The van der Waals surface area contributed by atoms with E-state index >= 15 is 0 Å². The highest BCUT2D eigenvalue weighted by molar-refractivity contribution is 6.39. The number of nitrogens with one attached hydrogen (secondary N) is 2. The highest BCUT2D eigenvalue weighted by atomic mass is 19.1. The number of rotatable bonds is 5. The van der Waals surface area contributed by atoms with Crippen LogP contribution in [0.3, 0.4) is 0 Å². The lowest BCUT2D eigenvalue weighted by atomic mass is 10.2. The highest BCUT2D eigenvalue weighted by Crippen LogP contribution is 2.32. The zero-order valence-corrected chi connectivity index (χ0v) is 14.1. The summed E-state index contributed by atoms with van der Waals surface area (Å²) in [6.07, 6.45) is 1.60. The molecule has 1 aromatic heterocycles. The Morgan fingerprint density at radius 2 is 1.80 bits per heavy atom. The molecule has 0 bridgehead atoms. The number of methoxy groups -OCH3 is 2. The summed E-state index contributed by atoms with van der Waals surface area (Å²) in [6, 6.07) is 5.88. The lowest BCUT2D eigenvalue weighted by Gasteiger charge is -2.12. The molecule has 0 aliphatic rings. The molecule has 2 aromatic rings. The van der Waals surface area contributed by atoms with Crippen LogP contribution < -0.4 is 20.1 Å². The molecule has 2 rings (SSSR count). The Morgan fingerprint density at radius 1 is 1.12 bits per heavy atom. The molecule has 0 aliphatic carbocycles. The van der Waals surface area contributed by atoms with Gasteiger partial charge in [0.05, 0.1) is 19.9 Å². The maximum absolute atomic E-state index is 14.0.